The Morgan fingerprint density at radius 2 is 1.62 bits per heavy atom. The lowest BCUT2D eigenvalue weighted by atomic mass is 9.89. The summed E-state index contributed by atoms with van der Waals surface area (Å²) < 4.78 is 56.8. The first kappa shape index (κ1) is 25.1. The number of pyridine rings is 1. The maximum atomic E-state index is 14.6. The van der Waals surface area contributed by atoms with Gasteiger partial charge in [-0.05, 0) is 64.6 Å². The standard InChI is InChI=1S/C30H21BrF4N2/c31-22-12-13-26(32)24(16-22)28(36)20-9-4-8-19(15-20)27-21(14-18-6-2-1-3-7-18)17-37-29-23(27)10-5-11-25(29)30(33,34)35/h1-13,15-17,28H,14,36H2. The normalized spacial score (nSPS) is 12.6. The average molecular weight is 565 g/mol. The van der Waals surface area contributed by atoms with Crippen molar-refractivity contribution in [1.29, 1.82) is 0 Å². The summed E-state index contributed by atoms with van der Waals surface area (Å²) in [6.45, 7) is 0. The molecule has 4 aromatic carbocycles. The van der Waals surface area contributed by atoms with Crippen LogP contribution in [-0.2, 0) is 12.6 Å². The van der Waals surface area contributed by atoms with Gasteiger partial charge >= 0.3 is 6.18 Å². The molecule has 0 aliphatic heterocycles. The number of alkyl halides is 3. The molecule has 0 saturated carbocycles. The first-order chi connectivity index (χ1) is 17.7. The fourth-order valence-corrected chi connectivity index (χ4v) is 4.98. The summed E-state index contributed by atoms with van der Waals surface area (Å²) in [6.07, 6.45) is -2.56. The van der Waals surface area contributed by atoms with Crippen LogP contribution in [0, 0.1) is 5.82 Å². The minimum absolute atomic E-state index is 0.116. The zero-order chi connectivity index (χ0) is 26.2. The number of halogens is 5. The van der Waals surface area contributed by atoms with Gasteiger partial charge < -0.3 is 5.73 Å². The van der Waals surface area contributed by atoms with Crippen LogP contribution < -0.4 is 5.73 Å². The third kappa shape index (κ3) is 5.15. The molecule has 37 heavy (non-hydrogen) atoms. The highest BCUT2D eigenvalue weighted by atomic mass is 79.9. The van der Waals surface area contributed by atoms with Crippen LogP contribution in [0.1, 0.15) is 33.9 Å². The average Bonchev–Trinajstić information content (AvgIpc) is 2.89. The molecule has 7 heteroatoms. The molecule has 5 rings (SSSR count). The first-order valence-corrected chi connectivity index (χ1v) is 12.3. The van der Waals surface area contributed by atoms with Crippen molar-refractivity contribution in [2.75, 3.05) is 0 Å². The smallest absolute Gasteiger partial charge is 0.320 e. The fourth-order valence-electron chi connectivity index (χ4n) is 4.60. The van der Waals surface area contributed by atoms with Crippen molar-refractivity contribution in [2.24, 2.45) is 5.73 Å². The second kappa shape index (κ2) is 10.1. The summed E-state index contributed by atoms with van der Waals surface area (Å²) in [4.78, 5) is 4.26. The van der Waals surface area contributed by atoms with Crippen LogP contribution in [0.25, 0.3) is 22.0 Å². The molecule has 1 aromatic heterocycles. The highest BCUT2D eigenvalue weighted by Gasteiger charge is 2.33. The van der Waals surface area contributed by atoms with E-state index in [0.29, 0.717) is 38.5 Å². The molecule has 0 radical (unpaired) electrons. The number of aromatic nitrogens is 1. The van der Waals surface area contributed by atoms with E-state index in [-0.39, 0.29) is 5.52 Å². The van der Waals surface area contributed by atoms with Gasteiger partial charge in [0.05, 0.1) is 17.1 Å². The zero-order valence-corrected chi connectivity index (χ0v) is 21.0. The molecule has 0 spiro atoms. The number of nitrogens with two attached hydrogens (primary N) is 1. The minimum Gasteiger partial charge on any atom is -0.320 e. The van der Waals surface area contributed by atoms with Gasteiger partial charge in [-0.25, -0.2) is 4.39 Å². The molecule has 0 aliphatic rings. The van der Waals surface area contributed by atoms with Crippen molar-refractivity contribution >= 4 is 26.8 Å². The van der Waals surface area contributed by atoms with E-state index in [9.17, 15) is 17.6 Å². The van der Waals surface area contributed by atoms with Crippen molar-refractivity contribution < 1.29 is 17.6 Å². The number of nitrogens with zero attached hydrogens (tertiary/aromatic N) is 1. The zero-order valence-electron chi connectivity index (χ0n) is 19.4. The van der Waals surface area contributed by atoms with Gasteiger partial charge in [-0.15, -0.1) is 0 Å². The van der Waals surface area contributed by atoms with E-state index in [1.165, 1.54) is 18.3 Å². The molecule has 0 aliphatic carbocycles. The monoisotopic (exact) mass is 564 g/mol. The number of rotatable bonds is 5. The van der Waals surface area contributed by atoms with Gasteiger partial charge in [-0.3, -0.25) is 4.98 Å². The minimum atomic E-state index is -4.55. The van der Waals surface area contributed by atoms with E-state index in [2.05, 4.69) is 20.9 Å². The fraction of sp³-hybridized carbons (Fsp3) is 0.100. The molecule has 1 atom stereocenters. The third-order valence-electron chi connectivity index (χ3n) is 6.35. The lowest BCUT2D eigenvalue weighted by Crippen LogP contribution is -2.14. The van der Waals surface area contributed by atoms with Crippen LogP contribution in [0.4, 0.5) is 17.6 Å². The molecule has 2 N–H and O–H groups in total. The van der Waals surface area contributed by atoms with E-state index in [4.69, 9.17) is 5.73 Å². The Bertz CT molecular complexity index is 1580. The first-order valence-electron chi connectivity index (χ1n) is 11.5. The Kier molecular flexibility index (Phi) is 6.84. The number of benzene rings is 4. The van der Waals surface area contributed by atoms with Crippen LogP contribution in [0.5, 0.6) is 0 Å². The molecule has 1 heterocycles. The molecular formula is C30H21BrF4N2. The van der Waals surface area contributed by atoms with Crippen LogP contribution in [-0.4, -0.2) is 4.98 Å². The Morgan fingerprint density at radius 1 is 0.865 bits per heavy atom. The predicted octanol–water partition coefficient (Wildman–Crippen LogP) is 8.46. The molecule has 1 unspecified atom stereocenters. The summed E-state index contributed by atoms with van der Waals surface area (Å²) in [5.74, 6) is -0.435. The van der Waals surface area contributed by atoms with Crippen LogP contribution in [0.3, 0.4) is 0 Å². The van der Waals surface area contributed by atoms with Crippen LogP contribution >= 0.6 is 15.9 Å². The lowest BCUT2D eigenvalue weighted by molar-refractivity contribution is -0.136. The SMILES string of the molecule is NC(c1cccc(-c2c(Cc3ccccc3)cnc3c(C(F)(F)F)cccc23)c1)c1cc(Br)ccc1F. The van der Waals surface area contributed by atoms with Gasteiger partial charge in [0.1, 0.15) is 5.82 Å². The van der Waals surface area contributed by atoms with Crippen molar-refractivity contribution in [3.05, 3.63) is 135 Å². The number of para-hydroxylation sites is 1. The summed E-state index contributed by atoms with van der Waals surface area (Å²) in [5, 5.41) is 0.391. The largest absolute Gasteiger partial charge is 0.418 e. The van der Waals surface area contributed by atoms with Crippen molar-refractivity contribution in [2.45, 2.75) is 18.6 Å². The van der Waals surface area contributed by atoms with Crippen LogP contribution in [0.2, 0.25) is 0 Å². The maximum absolute atomic E-state index is 14.6. The predicted molar refractivity (Wildman–Crippen MR) is 142 cm³/mol. The number of hydrogen-bond donors (Lipinski definition) is 1. The topological polar surface area (TPSA) is 38.9 Å². The molecule has 0 bridgehead atoms. The Morgan fingerprint density at radius 3 is 2.38 bits per heavy atom. The highest BCUT2D eigenvalue weighted by Crippen LogP contribution is 2.39. The summed E-state index contributed by atoms with van der Waals surface area (Å²) in [5.41, 5.74) is 9.61. The van der Waals surface area contributed by atoms with Gasteiger partial charge in [0.15, 0.2) is 0 Å². The van der Waals surface area contributed by atoms with Crippen molar-refractivity contribution in [1.82, 2.24) is 4.98 Å². The lowest BCUT2D eigenvalue weighted by Gasteiger charge is -2.19. The summed E-state index contributed by atoms with van der Waals surface area (Å²) >= 11 is 3.36. The summed E-state index contributed by atoms with van der Waals surface area (Å²) in [6, 6.07) is 24.8. The van der Waals surface area contributed by atoms with Crippen molar-refractivity contribution in [3.8, 4) is 11.1 Å². The molecule has 5 aromatic rings. The summed E-state index contributed by atoms with van der Waals surface area (Å²) in [7, 11) is 0. The van der Waals surface area contributed by atoms with Crippen molar-refractivity contribution in [3.63, 3.8) is 0 Å². The molecule has 186 valence electrons. The van der Waals surface area contributed by atoms with Crippen LogP contribution in [0.15, 0.2) is 102 Å². The Labute approximate surface area is 219 Å². The molecule has 2 nitrogen and oxygen atoms in total. The number of hydrogen-bond acceptors (Lipinski definition) is 2. The van der Waals surface area contributed by atoms with Gasteiger partial charge in [0.25, 0.3) is 0 Å². The van der Waals surface area contributed by atoms with E-state index in [0.717, 1.165) is 17.2 Å². The second-order valence-corrected chi connectivity index (χ2v) is 9.70. The van der Waals surface area contributed by atoms with E-state index < -0.39 is 23.6 Å². The highest BCUT2D eigenvalue weighted by molar-refractivity contribution is 9.10. The molecule has 0 saturated heterocycles. The van der Waals surface area contributed by atoms with E-state index in [1.54, 1.807) is 30.3 Å². The maximum Gasteiger partial charge on any atom is 0.418 e. The molecular weight excluding hydrogens is 544 g/mol. The van der Waals surface area contributed by atoms with Gasteiger partial charge in [0.2, 0.25) is 0 Å². The second-order valence-electron chi connectivity index (χ2n) is 8.79. The molecule has 0 fully saturated rings. The third-order valence-corrected chi connectivity index (χ3v) is 6.84. The van der Waals surface area contributed by atoms with Gasteiger partial charge in [-0.1, -0.05) is 76.6 Å². The van der Waals surface area contributed by atoms with Gasteiger partial charge in [0, 0.05) is 21.6 Å². The van der Waals surface area contributed by atoms with E-state index >= 15 is 0 Å². The van der Waals surface area contributed by atoms with E-state index in [1.807, 2.05) is 42.5 Å². The quantitative estimate of drug-likeness (QED) is 0.217. The Balaban J connectivity index is 1.71. The number of fused-ring (bicyclic) bond motifs is 1. The molecule has 0 amide bonds. The van der Waals surface area contributed by atoms with Gasteiger partial charge in [-0.2, -0.15) is 13.2 Å². The Hall–Kier alpha value is -3.55.